The third kappa shape index (κ3) is 3.11. The number of rotatable bonds is 4. The minimum atomic E-state index is -0.574. The van der Waals surface area contributed by atoms with E-state index >= 15 is 0 Å². The van der Waals surface area contributed by atoms with Crippen molar-refractivity contribution in [3.05, 3.63) is 18.2 Å². The number of halogens is 1. The van der Waals surface area contributed by atoms with Crippen LogP contribution in [0.2, 0.25) is 0 Å². The van der Waals surface area contributed by atoms with E-state index in [0.29, 0.717) is 19.1 Å². The Hall–Kier alpha value is -1.56. The van der Waals surface area contributed by atoms with Crippen molar-refractivity contribution in [3.8, 4) is 0 Å². The zero-order valence-corrected chi connectivity index (χ0v) is 13.6. The van der Waals surface area contributed by atoms with E-state index in [2.05, 4.69) is 10.3 Å². The lowest BCUT2D eigenvalue weighted by molar-refractivity contribution is -0.130. The van der Waals surface area contributed by atoms with Crippen LogP contribution in [0.25, 0.3) is 0 Å². The number of imidazole rings is 1. The van der Waals surface area contributed by atoms with Crippen LogP contribution in [-0.2, 0) is 16.6 Å². The van der Waals surface area contributed by atoms with Crippen molar-refractivity contribution in [2.75, 3.05) is 13.1 Å². The predicted molar refractivity (Wildman–Crippen MR) is 82.5 cm³/mol. The van der Waals surface area contributed by atoms with E-state index in [1.54, 1.807) is 18.2 Å². The number of carbonyl (C=O) groups is 2. The van der Waals surface area contributed by atoms with E-state index in [0.717, 1.165) is 18.5 Å². The monoisotopic (exact) mass is 324 g/mol. The highest BCUT2D eigenvalue weighted by Gasteiger charge is 2.43. The number of likely N-dealkylation sites (tertiary alicyclic amines) is 1. The lowest BCUT2D eigenvalue weighted by atomic mass is 9.92. The number of carbonyl (C=O) groups excluding carboxylic acids is 2. The van der Waals surface area contributed by atoms with Gasteiger partial charge in [-0.2, -0.15) is 0 Å². The maximum absolute atomic E-state index is 12.5. The first-order chi connectivity index (χ1) is 10.5. The van der Waals surface area contributed by atoms with Crippen molar-refractivity contribution < 1.29 is 9.59 Å². The molecular formula is C15H21ClN4O2. The quantitative estimate of drug-likeness (QED) is 0.836. The third-order valence-corrected chi connectivity index (χ3v) is 4.52. The molecule has 6 nitrogen and oxygen atoms in total. The maximum Gasteiger partial charge on any atom is 0.240 e. The van der Waals surface area contributed by atoms with Gasteiger partial charge in [-0.25, -0.2) is 4.98 Å². The second kappa shape index (κ2) is 5.91. The average molecular weight is 325 g/mol. The summed E-state index contributed by atoms with van der Waals surface area (Å²) in [6.07, 6.45) is 5.74. The number of aryl methyl sites for hydroxylation is 1. The molecule has 0 spiro atoms. The standard InChI is InChI=1S/C15H21ClN4O2/c1-9(16)15(22)20-5-11(13-7-19(2)8-17-13)12(6-20)14(21)18-10-3-4-10/h7-12H,3-6H2,1-2H3,(H,18,21)/t9?,11-,12-/m0/s1. The molecule has 1 unspecified atom stereocenters. The van der Waals surface area contributed by atoms with Gasteiger partial charge in [0.1, 0.15) is 5.38 Å². The van der Waals surface area contributed by atoms with Gasteiger partial charge in [-0.05, 0) is 19.8 Å². The molecular weight excluding hydrogens is 304 g/mol. The van der Waals surface area contributed by atoms with E-state index in [4.69, 9.17) is 11.6 Å². The summed E-state index contributed by atoms with van der Waals surface area (Å²) < 4.78 is 1.86. The normalized spacial score (nSPS) is 26.0. The van der Waals surface area contributed by atoms with Crippen LogP contribution in [-0.4, -0.2) is 50.8 Å². The topological polar surface area (TPSA) is 67.2 Å². The summed E-state index contributed by atoms with van der Waals surface area (Å²) in [5.74, 6) is -0.422. The van der Waals surface area contributed by atoms with Gasteiger partial charge in [0.15, 0.2) is 0 Å². The first kappa shape index (κ1) is 15.3. The van der Waals surface area contributed by atoms with Gasteiger partial charge in [0.25, 0.3) is 0 Å². The van der Waals surface area contributed by atoms with Crippen molar-refractivity contribution in [1.29, 1.82) is 0 Å². The Balaban J connectivity index is 1.79. The molecule has 3 atom stereocenters. The molecule has 1 saturated heterocycles. The first-order valence-electron chi connectivity index (χ1n) is 7.66. The number of amides is 2. The Morgan fingerprint density at radius 3 is 2.68 bits per heavy atom. The van der Waals surface area contributed by atoms with Crippen molar-refractivity contribution in [2.24, 2.45) is 13.0 Å². The van der Waals surface area contributed by atoms with Gasteiger partial charge in [0, 0.05) is 38.3 Å². The number of nitrogens with one attached hydrogen (secondary N) is 1. The van der Waals surface area contributed by atoms with E-state index in [9.17, 15) is 9.59 Å². The SMILES string of the molecule is CC(Cl)C(=O)N1C[C@H](C(=O)NC2CC2)[C@@H](c2cn(C)cn2)C1. The molecule has 0 aromatic carbocycles. The summed E-state index contributed by atoms with van der Waals surface area (Å²) in [5, 5.41) is 2.47. The molecule has 1 aromatic heterocycles. The molecule has 2 heterocycles. The Labute approximate surface area is 134 Å². The fourth-order valence-corrected chi connectivity index (χ4v) is 3.10. The minimum absolute atomic E-state index is 0.0238. The Morgan fingerprint density at radius 2 is 2.14 bits per heavy atom. The molecule has 0 bridgehead atoms. The molecule has 7 heteroatoms. The van der Waals surface area contributed by atoms with Gasteiger partial charge in [0.05, 0.1) is 17.9 Å². The van der Waals surface area contributed by atoms with Crippen LogP contribution in [0.1, 0.15) is 31.4 Å². The molecule has 3 rings (SSSR count). The van der Waals surface area contributed by atoms with Crippen LogP contribution < -0.4 is 5.32 Å². The molecule has 1 saturated carbocycles. The fraction of sp³-hybridized carbons (Fsp3) is 0.667. The predicted octanol–water partition coefficient (Wildman–Crippen LogP) is 0.868. The Bertz CT molecular complexity index is 582. The van der Waals surface area contributed by atoms with Crippen molar-refractivity contribution in [1.82, 2.24) is 19.8 Å². The van der Waals surface area contributed by atoms with Crippen molar-refractivity contribution in [2.45, 2.75) is 37.1 Å². The second-order valence-electron chi connectivity index (χ2n) is 6.32. The number of aromatic nitrogens is 2. The number of nitrogens with zero attached hydrogens (tertiary/aromatic N) is 3. The van der Waals surface area contributed by atoms with Gasteiger partial charge in [-0.3, -0.25) is 9.59 Å². The van der Waals surface area contributed by atoms with Crippen LogP contribution in [0.5, 0.6) is 0 Å². The molecule has 0 radical (unpaired) electrons. The molecule has 1 aliphatic heterocycles. The molecule has 1 aliphatic carbocycles. The average Bonchev–Trinajstić information content (AvgIpc) is 3.01. The zero-order valence-electron chi connectivity index (χ0n) is 12.8. The highest BCUT2D eigenvalue weighted by atomic mass is 35.5. The zero-order chi connectivity index (χ0) is 15.9. The molecule has 1 aromatic rings. The minimum Gasteiger partial charge on any atom is -0.353 e. The van der Waals surface area contributed by atoms with Crippen LogP contribution >= 0.6 is 11.6 Å². The van der Waals surface area contributed by atoms with Gasteiger partial charge >= 0.3 is 0 Å². The third-order valence-electron chi connectivity index (χ3n) is 4.34. The Kier molecular flexibility index (Phi) is 4.12. The molecule has 2 aliphatic rings. The number of alkyl halides is 1. The van der Waals surface area contributed by atoms with E-state index < -0.39 is 5.38 Å². The van der Waals surface area contributed by atoms with E-state index in [1.807, 2.05) is 17.8 Å². The van der Waals surface area contributed by atoms with Crippen LogP contribution in [0.3, 0.4) is 0 Å². The Morgan fingerprint density at radius 1 is 1.41 bits per heavy atom. The second-order valence-corrected chi connectivity index (χ2v) is 6.97. The molecule has 22 heavy (non-hydrogen) atoms. The molecule has 1 N–H and O–H groups in total. The summed E-state index contributed by atoms with van der Waals surface area (Å²) in [6, 6.07) is 0.314. The molecule has 2 amide bonds. The highest BCUT2D eigenvalue weighted by molar-refractivity contribution is 6.30. The summed E-state index contributed by atoms with van der Waals surface area (Å²) in [6.45, 7) is 2.57. The van der Waals surface area contributed by atoms with Crippen molar-refractivity contribution >= 4 is 23.4 Å². The maximum atomic E-state index is 12.5. The molecule has 2 fully saturated rings. The highest BCUT2D eigenvalue weighted by Crippen LogP contribution is 2.33. The fourth-order valence-electron chi connectivity index (χ4n) is 2.96. The number of hydrogen-bond acceptors (Lipinski definition) is 3. The van der Waals surface area contributed by atoms with E-state index in [-0.39, 0.29) is 23.7 Å². The van der Waals surface area contributed by atoms with Crippen LogP contribution in [0.15, 0.2) is 12.5 Å². The number of hydrogen-bond donors (Lipinski definition) is 1. The molecule has 120 valence electrons. The van der Waals surface area contributed by atoms with Gasteiger partial charge in [-0.15, -0.1) is 11.6 Å². The summed E-state index contributed by atoms with van der Waals surface area (Å²) in [7, 11) is 1.90. The smallest absolute Gasteiger partial charge is 0.240 e. The first-order valence-corrected chi connectivity index (χ1v) is 8.10. The lowest BCUT2D eigenvalue weighted by Crippen LogP contribution is -2.38. The van der Waals surface area contributed by atoms with Gasteiger partial charge in [0.2, 0.25) is 11.8 Å². The van der Waals surface area contributed by atoms with E-state index in [1.165, 1.54) is 0 Å². The summed E-state index contributed by atoms with van der Waals surface area (Å²) in [4.78, 5) is 30.7. The van der Waals surface area contributed by atoms with Crippen LogP contribution in [0.4, 0.5) is 0 Å². The van der Waals surface area contributed by atoms with Crippen LogP contribution in [0, 0.1) is 5.92 Å². The van der Waals surface area contributed by atoms with Gasteiger partial charge in [-0.1, -0.05) is 0 Å². The largest absolute Gasteiger partial charge is 0.353 e. The summed E-state index contributed by atoms with van der Waals surface area (Å²) in [5.41, 5.74) is 0.857. The van der Waals surface area contributed by atoms with Crippen molar-refractivity contribution in [3.63, 3.8) is 0 Å². The summed E-state index contributed by atoms with van der Waals surface area (Å²) >= 11 is 5.92. The lowest BCUT2D eigenvalue weighted by Gasteiger charge is -2.17. The van der Waals surface area contributed by atoms with Gasteiger partial charge < -0.3 is 14.8 Å².